The number of hydrogen-bond acceptors (Lipinski definition) is 4. The van der Waals surface area contributed by atoms with Crippen LogP contribution in [-0.4, -0.2) is 20.7 Å². The van der Waals surface area contributed by atoms with E-state index in [1.54, 1.807) is 23.9 Å². The van der Waals surface area contributed by atoms with Gasteiger partial charge in [-0.2, -0.15) is 0 Å². The zero-order valence-electron chi connectivity index (χ0n) is 17.9. The van der Waals surface area contributed by atoms with E-state index in [1.807, 2.05) is 23.6 Å². The summed E-state index contributed by atoms with van der Waals surface area (Å²) >= 11 is 14.2. The lowest BCUT2D eigenvalue weighted by Gasteiger charge is -2.17. The van der Waals surface area contributed by atoms with Crippen molar-refractivity contribution in [2.45, 2.75) is 57.0 Å². The van der Waals surface area contributed by atoms with Gasteiger partial charge in [0.2, 0.25) is 5.91 Å². The largest absolute Gasteiger partial charge is 0.346 e. The lowest BCUT2D eigenvalue weighted by Crippen LogP contribution is -2.28. The van der Waals surface area contributed by atoms with Gasteiger partial charge < -0.3 is 5.32 Å². The SMILES string of the molecule is CCCCC(=O)NC(C)c1nnc(SCc2cccc(C)c2)n1-c1ccc(Cl)cc1Cl. The molecule has 0 bridgehead atoms. The molecule has 0 aliphatic heterocycles. The van der Waals surface area contributed by atoms with E-state index >= 15 is 0 Å². The number of amides is 1. The lowest BCUT2D eigenvalue weighted by molar-refractivity contribution is -0.121. The number of carbonyl (C=O) groups is 1. The third-order valence-electron chi connectivity index (χ3n) is 4.78. The quantitative estimate of drug-likeness (QED) is 0.356. The number of thioether (sulfide) groups is 1. The van der Waals surface area contributed by atoms with E-state index in [0.717, 1.165) is 24.3 Å². The van der Waals surface area contributed by atoms with Crippen molar-refractivity contribution in [3.8, 4) is 5.69 Å². The van der Waals surface area contributed by atoms with Crippen LogP contribution < -0.4 is 5.32 Å². The number of rotatable bonds is 9. The molecular weight excluding hydrogens is 451 g/mol. The minimum Gasteiger partial charge on any atom is -0.346 e. The molecule has 0 aliphatic carbocycles. The number of nitrogens with one attached hydrogen (secondary N) is 1. The minimum absolute atomic E-state index is 0.0000619. The number of hydrogen-bond donors (Lipinski definition) is 1. The Morgan fingerprint density at radius 2 is 2.00 bits per heavy atom. The van der Waals surface area contributed by atoms with E-state index in [2.05, 4.69) is 47.6 Å². The molecule has 0 fully saturated rings. The number of aryl methyl sites for hydroxylation is 1. The summed E-state index contributed by atoms with van der Waals surface area (Å²) in [4.78, 5) is 12.3. The minimum atomic E-state index is -0.322. The molecule has 1 atom stereocenters. The Balaban J connectivity index is 1.92. The van der Waals surface area contributed by atoms with Gasteiger partial charge in [-0.05, 0) is 44.0 Å². The number of halogens is 2. The van der Waals surface area contributed by atoms with Crippen molar-refractivity contribution >= 4 is 40.9 Å². The highest BCUT2D eigenvalue weighted by Gasteiger charge is 2.22. The van der Waals surface area contributed by atoms with Crippen molar-refractivity contribution in [3.05, 3.63) is 69.5 Å². The third-order valence-corrected chi connectivity index (χ3v) is 6.32. The number of aromatic nitrogens is 3. The standard InChI is InChI=1S/C23H26Cl2N4OS/c1-4-5-9-21(30)26-16(3)22-27-28-23(31-14-17-8-6-7-15(2)12-17)29(22)20-11-10-18(24)13-19(20)25/h6-8,10-13,16H,4-5,9,14H2,1-3H3,(H,26,30). The van der Waals surface area contributed by atoms with Crippen LogP contribution in [0.25, 0.3) is 5.69 Å². The van der Waals surface area contributed by atoms with Crippen LogP contribution >= 0.6 is 35.0 Å². The number of benzene rings is 2. The van der Waals surface area contributed by atoms with Gasteiger partial charge in [0.25, 0.3) is 0 Å². The highest BCUT2D eigenvalue weighted by atomic mass is 35.5. The summed E-state index contributed by atoms with van der Waals surface area (Å²) < 4.78 is 1.91. The second-order valence-corrected chi connectivity index (χ2v) is 9.23. The Kier molecular flexibility index (Phi) is 8.41. The molecule has 1 unspecified atom stereocenters. The Morgan fingerprint density at radius 3 is 2.71 bits per heavy atom. The number of unbranched alkanes of at least 4 members (excludes halogenated alkanes) is 1. The average Bonchev–Trinajstić information content (AvgIpc) is 3.14. The van der Waals surface area contributed by atoms with Crippen LogP contribution in [0.15, 0.2) is 47.6 Å². The number of carbonyl (C=O) groups excluding carboxylic acids is 1. The molecule has 0 spiro atoms. The van der Waals surface area contributed by atoms with Crippen LogP contribution in [-0.2, 0) is 10.5 Å². The summed E-state index contributed by atoms with van der Waals surface area (Å²) in [6.45, 7) is 6.04. The Labute approximate surface area is 197 Å². The zero-order valence-corrected chi connectivity index (χ0v) is 20.2. The Bertz CT molecular complexity index is 1050. The third kappa shape index (κ3) is 6.25. The van der Waals surface area contributed by atoms with E-state index in [9.17, 15) is 4.79 Å². The molecule has 8 heteroatoms. The fourth-order valence-electron chi connectivity index (χ4n) is 3.21. The Hall–Kier alpha value is -2.02. The highest BCUT2D eigenvalue weighted by Crippen LogP contribution is 2.32. The summed E-state index contributed by atoms with van der Waals surface area (Å²) in [6, 6.07) is 13.4. The monoisotopic (exact) mass is 476 g/mol. The van der Waals surface area contributed by atoms with Gasteiger partial charge in [-0.1, -0.05) is 78.1 Å². The molecule has 3 rings (SSSR count). The van der Waals surface area contributed by atoms with Gasteiger partial charge in [0.15, 0.2) is 11.0 Å². The first kappa shape index (κ1) is 23.6. The fourth-order valence-corrected chi connectivity index (χ4v) is 4.60. The first-order valence-corrected chi connectivity index (χ1v) is 12.0. The van der Waals surface area contributed by atoms with Crippen molar-refractivity contribution in [1.82, 2.24) is 20.1 Å². The highest BCUT2D eigenvalue weighted by molar-refractivity contribution is 7.98. The molecule has 0 saturated heterocycles. The maximum Gasteiger partial charge on any atom is 0.220 e. The van der Waals surface area contributed by atoms with Crippen molar-refractivity contribution in [3.63, 3.8) is 0 Å². The van der Waals surface area contributed by atoms with Crippen LogP contribution in [0, 0.1) is 6.92 Å². The molecule has 5 nitrogen and oxygen atoms in total. The molecule has 1 aromatic heterocycles. The molecule has 1 heterocycles. The van der Waals surface area contributed by atoms with Gasteiger partial charge in [0.05, 0.1) is 16.8 Å². The molecule has 0 aliphatic rings. The second kappa shape index (κ2) is 11.0. The van der Waals surface area contributed by atoms with Gasteiger partial charge >= 0.3 is 0 Å². The second-order valence-electron chi connectivity index (χ2n) is 7.44. The van der Waals surface area contributed by atoms with E-state index in [0.29, 0.717) is 27.4 Å². The van der Waals surface area contributed by atoms with E-state index < -0.39 is 0 Å². The first-order chi connectivity index (χ1) is 14.9. The maximum atomic E-state index is 12.3. The number of nitrogens with zero attached hydrogens (tertiary/aromatic N) is 3. The molecule has 1 N–H and O–H groups in total. The smallest absolute Gasteiger partial charge is 0.220 e. The molecule has 3 aromatic rings. The maximum absolute atomic E-state index is 12.3. The van der Waals surface area contributed by atoms with Crippen LogP contribution in [0.4, 0.5) is 0 Å². The van der Waals surface area contributed by atoms with Gasteiger partial charge in [-0.25, -0.2) is 0 Å². The summed E-state index contributed by atoms with van der Waals surface area (Å²) in [7, 11) is 0. The molecule has 0 radical (unpaired) electrons. The normalized spacial score (nSPS) is 12.0. The molecule has 0 saturated carbocycles. The van der Waals surface area contributed by atoms with E-state index in [1.165, 1.54) is 11.1 Å². The summed E-state index contributed by atoms with van der Waals surface area (Å²) in [6.07, 6.45) is 2.32. The average molecular weight is 477 g/mol. The van der Waals surface area contributed by atoms with Crippen LogP contribution in [0.2, 0.25) is 10.0 Å². The zero-order chi connectivity index (χ0) is 22.4. The van der Waals surface area contributed by atoms with Gasteiger partial charge in [0.1, 0.15) is 0 Å². The van der Waals surface area contributed by atoms with Gasteiger partial charge in [-0.15, -0.1) is 10.2 Å². The molecule has 2 aromatic carbocycles. The molecule has 164 valence electrons. The fraction of sp³-hybridized carbons (Fsp3) is 0.348. The molecule has 31 heavy (non-hydrogen) atoms. The Morgan fingerprint density at radius 1 is 1.19 bits per heavy atom. The van der Waals surface area contributed by atoms with Crippen LogP contribution in [0.3, 0.4) is 0 Å². The molecular formula is C23H26Cl2N4OS. The molecule has 1 amide bonds. The van der Waals surface area contributed by atoms with Crippen LogP contribution in [0.5, 0.6) is 0 Å². The first-order valence-electron chi connectivity index (χ1n) is 10.3. The van der Waals surface area contributed by atoms with E-state index in [4.69, 9.17) is 23.2 Å². The predicted molar refractivity (Wildman–Crippen MR) is 128 cm³/mol. The summed E-state index contributed by atoms with van der Waals surface area (Å²) in [5.41, 5.74) is 3.14. The van der Waals surface area contributed by atoms with Crippen LogP contribution in [0.1, 0.15) is 56.1 Å². The summed E-state index contributed by atoms with van der Waals surface area (Å²) in [5, 5.41) is 13.6. The van der Waals surface area contributed by atoms with E-state index in [-0.39, 0.29) is 11.9 Å². The van der Waals surface area contributed by atoms with Crippen molar-refractivity contribution in [1.29, 1.82) is 0 Å². The summed E-state index contributed by atoms with van der Waals surface area (Å²) in [5.74, 6) is 1.36. The predicted octanol–water partition coefficient (Wildman–Crippen LogP) is 6.54. The van der Waals surface area contributed by atoms with Crippen molar-refractivity contribution in [2.75, 3.05) is 0 Å². The van der Waals surface area contributed by atoms with Gasteiger partial charge in [-0.3, -0.25) is 9.36 Å². The van der Waals surface area contributed by atoms with Crippen molar-refractivity contribution in [2.24, 2.45) is 0 Å². The topological polar surface area (TPSA) is 59.8 Å². The van der Waals surface area contributed by atoms with Gasteiger partial charge in [0, 0.05) is 17.2 Å². The van der Waals surface area contributed by atoms with Crippen molar-refractivity contribution < 1.29 is 4.79 Å². The lowest BCUT2D eigenvalue weighted by atomic mass is 10.2.